The summed E-state index contributed by atoms with van der Waals surface area (Å²) in [5, 5.41) is 9.71. The molecule has 1 atom stereocenters. The molecule has 0 aliphatic heterocycles. The van der Waals surface area contributed by atoms with Gasteiger partial charge in [-0.1, -0.05) is 18.2 Å². The smallest absolute Gasteiger partial charge is 0.0796 e. The lowest BCUT2D eigenvalue weighted by molar-refractivity contribution is 0.180. The minimum absolute atomic E-state index is 0.186. The van der Waals surface area contributed by atoms with Crippen LogP contribution < -0.4 is 0 Å². The normalized spacial score (nSPS) is 26.1. The Balaban J connectivity index is 2.04. The predicted molar refractivity (Wildman–Crippen MR) is 51.7 cm³/mol. The van der Waals surface area contributed by atoms with Crippen molar-refractivity contribution in [3.63, 3.8) is 0 Å². The summed E-state index contributed by atoms with van der Waals surface area (Å²) in [7, 11) is 0. The minimum Gasteiger partial charge on any atom is -0.388 e. The van der Waals surface area contributed by atoms with Crippen LogP contribution in [0.3, 0.4) is 0 Å². The zero-order chi connectivity index (χ0) is 8.84. The average Bonchev–Trinajstić information content (AvgIpc) is 2.93. The molecule has 1 aromatic rings. The second kappa shape index (κ2) is 2.58. The third-order valence-electron chi connectivity index (χ3n) is 3.26. The first-order chi connectivity index (χ1) is 6.34. The standard InChI is InChI=1S/C12H14O/c13-12-6-5-9-3-4-10(7-11(9)12)8-1-2-8/h3-4,7-8,12-13H,1-2,5-6H2. The van der Waals surface area contributed by atoms with Crippen LogP contribution in [-0.4, -0.2) is 5.11 Å². The van der Waals surface area contributed by atoms with Gasteiger partial charge in [0.25, 0.3) is 0 Å². The van der Waals surface area contributed by atoms with Gasteiger partial charge in [-0.15, -0.1) is 0 Å². The first-order valence-electron chi connectivity index (χ1n) is 5.15. The summed E-state index contributed by atoms with van der Waals surface area (Å²) in [5.74, 6) is 0.804. The molecule has 1 aromatic carbocycles. The van der Waals surface area contributed by atoms with Crippen molar-refractivity contribution in [2.24, 2.45) is 0 Å². The van der Waals surface area contributed by atoms with Crippen molar-refractivity contribution in [1.82, 2.24) is 0 Å². The minimum atomic E-state index is -0.186. The fourth-order valence-electron chi connectivity index (χ4n) is 2.27. The highest BCUT2D eigenvalue weighted by Gasteiger charge is 2.26. The maximum atomic E-state index is 9.71. The van der Waals surface area contributed by atoms with E-state index in [4.69, 9.17) is 0 Å². The van der Waals surface area contributed by atoms with Crippen molar-refractivity contribution >= 4 is 0 Å². The van der Waals surface area contributed by atoms with Gasteiger partial charge < -0.3 is 5.11 Å². The first kappa shape index (κ1) is 7.57. The van der Waals surface area contributed by atoms with Gasteiger partial charge in [0.1, 0.15) is 0 Å². The Bertz CT molecular complexity index is 339. The molecule has 3 rings (SSSR count). The van der Waals surface area contributed by atoms with E-state index in [0.717, 1.165) is 18.8 Å². The van der Waals surface area contributed by atoms with Crippen LogP contribution >= 0.6 is 0 Å². The number of hydrogen-bond acceptors (Lipinski definition) is 1. The lowest BCUT2D eigenvalue weighted by Crippen LogP contribution is -1.91. The fraction of sp³-hybridized carbons (Fsp3) is 0.500. The van der Waals surface area contributed by atoms with Gasteiger partial charge in [-0.05, 0) is 48.3 Å². The van der Waals surface area contributed by atoms with Crippen molar-refractivity contribution in [2.75, 3.05) is 0 Å². The molecule has 1 saturated carbocycles. The predicted octanol–water partition coefficient (Wildman–Crippen LogP) is 2.54. The summed E-state index contributed by atoms with van der Waals surface area (Å²) in [6.45, 7) is 0. The third kappa shape index (κ3) is 1.19. The molecule has 0 radical (unpaired) electrons. The second-order valence-corrected chi connectivity index (χ2v) is 4.29. The molecule has 1 N–H and O–H groups in total. The Hall–Kier alpha value is -0.820. The van der Waals surface area contributed by atoms with Crippen LogP contribution in [0.25, 0.3) is 0 Å². The second-order valence-electron chi connectivity index (χ2n) is 4.29. The molecule has 1 nitrogen and oxygen atoms in total. The van der Waals surface area contributed by atoms with Crippen molar-refractivity contribution in [3.05, 3.63) is 34.9 Å². The highest BCUT2D eigenvalue weighted by molar-refractivity contribution is 5.39. The molecule has 2 aliphatic rings. The Kier molecular flexibility index (Phi) is 1.50. The quantitative estimate of drug-likeness (QED) is 0.693. The van der Waals surface area contributed by atoms with Gasteiger partial charge in [0.15, 0.2) is 0 Å². The Morgan fingerprint density at radius 3 is 2.77 bits per heavy atom. The van der Waals surface area contributed by atoms with Gasteiger partial charge in [0.2, 0.25) is 0 Å². The summed E-state index contributed by atoms with van der Waals surface area (Å²) in [6.07, 6.45) is 4.47. The summed E-state index contributed by atoms with van der Waals surface area (Å²) < 4.78 is 0. The molecule has 0 amide bonds. The topological polar surface area (TPSA) is 20.2 Å². The number of fused-ring (bicyclic) bond motifs is 1. The van der Waals surface area contributed by atoms with E-state index < -0.39 is 0 Å². The van der Waals surface area contributed by atoms with Gasteiger partial charge in [-0.2, -0.15) is 0 Å². The number of aliphatic hydroxyl groups excluding tert-OH is 1. The molecule has 13 heavy (non-hydrogen) atoms. The van der Waals surface area contributed by atoms with Crippen molar-refractivity contribution in [1.29, 1.82) is 0 Å². The summed E-state index contributed by atoms with van der Waals surface area (Å²) in [6, 6.07) is 6.68. The van der Waals surface area contributed by atoms with Crippen LogP contribution in [-0.2, 0) is 6.42 Å². The van der Waals surface area contributed by atoms with Gasteiger partial charge in [-0.3, -0.25) is 0 Å². The van der Waals surface area contributed by atoms with E-state index in [0.29, 0.717) is 0 Å². The summed E-state index contributed by atoms with van der Waals surface area (Å²) >= 11 is 0. The summed E-state index contributed by atoms with van der Waals surface area (Å²) in [4.78, 5) is 0. The molecule has 1 unspecified atom stereocenters. The monoisotopic (exact) mass is 174 g/mol. The highest BCUT2D eigenvalue weighted by atomic mass is 16.3. The Morgan fingerprint density at radius 1 is 1.15 bits per heavy atom. The highest BCUT2D eigenvalue weighted by Crippen LogP contribution is 2.42. The van der Waals surface area contributed by atoms with Crippen LogP contribution in [0.5, 0.6) is 0 Å². The van der Waals surface area contributed by atoms with E-state index >= 15 is 0 Å². The van der Waals surface area contributed by atoms with E-state index in [2.05, 4.69) is 18.2 Å². The number of aliphatic hydroxyl groups is 1. The number of rotatable bonds is 1. The van der Waals surface area contributed by atoms with Crippen LogP contribution in [0.1, 0.15) is 48.0 Å². The maximum absolute atomic E-state index is 9.71. The van der Waals surface area contributed by atoms with Gasteiger partial charge >= 0.3 is 0 Å². The average molecular weight is 174 g/mol. The molecular formula is C12H14O. The zero-order valence-electron chi connectivity index (χ0n) is 7.66. The zero-order valence-corrected chi connectivity index (χ0v) is 7.66. The Morgan fingerprint density at radius 2 is 2.00 bits per heavy atom. The number of hydrogen-bond donors (Lipinski definition) is 1. The molecule has 0 aromatic heterocycles. The van der Waals surface area contributed by atoms with Crippen LogP contribution in [0.4, 0.5) is 0 Å². The molecule has 2 aliphatic carbocycles. The van der Waals surface area contributed by atoms with E-state index in [1.807, 2.05) is 0 Å². The van der Waals surface area contributed by atoms with Crippen LogP contribution in [0, 0.1) is 0 Å². The first-order valence-corrected chi connectivity index (χ1v) is 5.15. The van der Waals surface area contributed by atoms with Crippen LogP contribution in [0.2, 0.25) is 0 Å². The maximum Gasteiger partial charge on any atom is 0.0796 e. The van der Waals surface area contributed by atoms with Crippen molar-refractivity contribution in [3.8, 4) is 0 Å². The fourth-order valence-corrected chi connectivity index (χ4v) is 2.27. The molecule has 0 saturated heterocycles. The molecular weight excluding hydrogens is 160 g/mol. The number of benzene rings is 1. The van der Waals surface area contributed by atoms with Gasteiger partial charge in [-0.25, -0.2) is 0 Å². The van der Waals surface area contributed by atoms with Crippen LogP contribution in [0.15, 0.2) is 18.2 Å². The number of aryl methyl sites for hydroxylation is 1. The largest absolute Gasteiger partial charge is 0.388 e. The Labute approximate surface area is 78.4 Å². The van der Waals surface area contributed by atoms with E-state index in [9.17, 15) is 5.11 Å². The molecule has 0 heterocycles. The molecule has 68 valence electrons. The molecule has 0 spiro atoms. The van der Waals surface area contributed by atoms with Crippen molar-refractivity contribution in [2.45, 2.75) is 37.7 Å². The molecule has 1 fully saturated rings. The molecule has 1 heteroatoms. The van der Waals surface area contributed by atoms with E-state index in [-0.39, 0.29) is 6.10 Å². The van der Waals surface area contributed by atoms with Gasteiger partial charge in [0, 0.05) is 0 Å². The van der Waals surface area contributed by atoms with E-state index in [1.165, 1.54) is 29.5 Å². The van der Waals surface area contributed by atoms with E-state index in [1.54, 1.807) is 0 Å². The van der Waals surface area contributed by atoms with Crippen molar-refractivity contribution < 1.29 is 5.11 Å². The molecule has 0 bridgehead atoms. The third-order valence-corrected chi connectivity index (χ3v) is 3.26. The summed E-state index contributed by atoms with van der Waals surface area (Å²) in [5.41, 5.74) is 4.00. The van der Waals surface area contributed by atoms with Gasteiger partial charge in [0.05, 0.1) is 6.10 Å². The lowest BCUT2D eigenvalue weighted by Gasteiger charge is -2.06. The SMILES string of the molecule is OC1CCc2ccc(C3CC3)cc21. The lowest BCUT2D eigenvalue weighted by atomic mass is 10.0.